The lowest BCUT2D eigenvalue weighted by Gasteiger charge is -2.37. The summed E-state index contributed by atoms with van der Waals surface area (Å²) < 4.78 is 0. The molecule has 2 N–H and O–H groups in total. The van der Waals surface area contributed by atoms with E-state index in [9.17, 15) is 0 Å². The Morgan fingerprint density at radius 3 is 2.44 bits per heavy atom. The fourth-order valence-corrected chi connectivity index (χ4v) is 3.42. The molecule has 1 saturated carbocycles. The van der Waals surface area contributed by atoms with Crippen LogP contribution in [0.4, 0.5) is 0 Å². The predicted octanol–water partition coefficient (Wildman–Crippen LogP) is 2.87. The molecule has 0 radical (unpaired) electrons. The Balaban J connectivity index is 2.58. The van der Waals surface area contributed by atoms with Crippen molar-refractivity contribution in [2.75, 3.05) is 13.1 Å². The van der Waals surface area contributed by atoms with Crippen LogP contribution in [0, 0.1) is 11.8 Å². The van der Waals surface area contributed by atoms with Gasteiger partial charge in [-0.15, -0.1) is 0 Å². The molecule has 1 aliphatic rings. The van der Waals surface area contributed by atoms with Crippen molar-refractivity contribution in [1.29, 1.82) is 0 Å². The quantitative estimate of drug-likeness (QED) is 0.754. The molecule has 0 saturated heterocycles. The van der Waals surface area contributed by atoms with Crippen LogP contribution in [-0.2, 0) is 0 Å². The van der Waals surface area contributed by atoms with Gasteiger partial charge in [0.05, 0.1) is 0 Å². The Hall–Kier alpha value is -0.0800. The molecule has 0 aromatic rings. The zero-order valence-corrected chi connectivity index (χ0v) is 11.6. The first-order valence-corrected chi connectivity index (χ1v) is 7.05. The molecule has 3 atom stereocenters. The summed E-state index contributed by atoms with van der Waals surface area (Å²) in [5.74, 6) is 1.54. The first-order valence-electron chi connectivity index (χ1n) is 7.05. The van der Waals surface area contributed by atoms with Crippen LogP contribution in [-0.4, -0.2) is 30.1 Å². The van der Waals surface area contributed by atoms with Crippen LogP contribution in [0.3, 0.4) is 0 Å². The summed E-state index contributed by atoms with van der Waals surface area (Å²) in [5, 5.41) is 0. The average molecular weight is 226 g/mol. The van der Waals surface area contributed by atoms with Crippen LogP contribution in [0.5, 0.6) is 0 Å². The van der Waals surface area contributed by atoms with Crippen LogP contribution in [0.25, 0.3) is 0 Å². The second-order valence-corrected chi connectivity index (χ2v) is 5.80. The van der Waals surface area contributed by atoms with E-state index < -0.39 is 0 Å². The van der Waals surface area contributed by atoms with Gasteiger partial charge in [0.15, 0.2) is 0 Å². The zero-order valence-electron chi connectivity index (χ0n) is 11.6. The average Bonchev–Trinajstić information content (AvgIpc) is 2.66. The largest absolute Gasteiger partial charge is 0.330 e. The highest BCUT2D eigenvalue weighted by Gasteiger charge is 2.32. The molecule has 1 rings (SSSR count). The predicted molar refractivity (Wildman–Crippen MR) is 71.5 cm³/mol. The van der Waals surface area contributed by atoms with Crippen molar-refractivity contribution in [3.8, 4) is 0 Å². The van der Waals surface area contributed by atoms with Gasteiger partial charge in [-0.05, 0) is 51.1 Å². The molecule has 2 nitrogen and oxygen atoms in total. The molecule has 0 amide bonds. The molecule has 0 aromatic heterocycles. The van der Waals surface area contributed by atoms with E-state index in [1.807, 2.05) is 0 Å². The molecule has 3 unspecified atom stereocenters. The SMILES string of the molecule is CCN(C(C)CC(C)C)C1CCCC1CN. The Morgan fingerprint density at radius 1 is 1.25 bits per heavy atom. The molecular weight excluding hydrogens is 196 g/mol. The highest BCUT2D eigenvalue weighted by Crippen LogP contribution is 2.31. The van der Waals surface area contributed by atoms with Crippen molar-refractivity contribution in [3.63, 3.8) is 0 Å². The van der Waals surface area contributed by atoms with E-state index in [0.717, 1.165) is 24.4 Å². The molecule has 1 aliphatic carbocycles. The van der Waals surface area contributed by atoms with Gasteiger partial charge in [-0.25, -0.2) is 0 Å². The first-order chi connectivity index (χ1) is 7.60. The second-order valence-electron chi connectivity index (χ2n) is 5.80. The van der Waals surface area contributed by atoms with Gasteiger partial charge in [0.2, 0.25) is 0 Å². The minimum absolute atomic E-state index is 0.710. The summed E-state index contributed by atoms with van der Waals surface area (Å²) in [6.07, 6.45) is 5.38. The fraction of sp³-hybridized carbons (Fsp3) is 1.00. The highest BCUT2D eigenvalue weighted by atomic mass is 15.2. The molecule has 0 spiro atoms. The van der Waals surface area contributed by atoms with E-state index in [1.54, 1.807) is 0 Å². The van der Waals surface area contributed by atoms with Crippen LogP contribution < -0.4 is 5.73 Å². The minimum Gasteiger partial charge on any atom is -0.330 e. The third-order valence-corrected chi connectivity index (χ3v) is 4.09. The first kappa shape index (κ1) is 14.0. The minimum atomic E-state index is 0.710. The molecule has 16 heavy (non-hydrogen) atoms. The normalized spacial score (nSPS) is 27.9. The van der Waals surface area contributed by atoms with Crippen molar-refractivity contribution >= 4 is 0 Å². The second kappa shape index (κ2) is 6.61. The lowest BCUT2D eigenvalue weighted by molar-refractivity contribution is 0.110. The van der Waals surface area contributed by atoms with Gasteiger partial charge in [-0.1, -0.05) is 27.2 Å². The van der Waals surface area contributed by atoms with Crippen molar-refractivity contribution in [2.45, 2.75) is 65.5 Å². The maximum atomic E-state index is 5.89. The smallest absolute Gasteiger partial charge is 0.0138 e. The van der Waals surface area contributed by atoms with Crippen molar-refractivity contribution < 1.29 is 0 Å². The van der Waals surface area contributed by atoms with Crippen LogP contribution in [0.2, 0.25) is 0 Å². The van der Waals surface area contributed by atoms with Gasteiger partial charge >= 0.3 is 0 Å². The Bertz CT molecular complexity index is 191. The van der Waals surface area contributed by atoms with Gasteiger partial charge in [0.1, 0.15) is 0 Å². The van der Waals surface area contributed by atoms with E-state index >= 15 is 0 Å². The van der Waals surface area contributed by atoms with E-state index in [4.69, 9.17) is 5.73 Å². The van der Waals surface area contributed by atoms with Crippen LogP contribution in [0.15, 0.2) is 0 Å². The van der Waals surface area contributed by atoms with E-state index in [2.05, 4.69) is 32.6 Å². The van der Waals surface area contributed by atoms with Gasteiger partial charge in [0.25, 0.3) is 0 Å². The van der Waals surface area contributed by atoms with Gasteiger partial charge in [0, 0.05) is 12.1 Å². The molecule has 0 aliphatic heterocycles. The topological polar surface area (TPSA) is 29.3 Å². The zero-order chi connectivity index (χ0) is 12.1. The van der Waals surface area contributed by atoms with Crippen molar-refractivity contribution in [2.24, 2.45) is 17.6 Å². The molecule has 96 valence electrons. The maximum absolute atomic E-state index is 5.89. The monoisotopic (exact) mass is 226 g/mol. The third kappa shape index (κ3) is 3.46. The summed E-state index contributed by atoms with van der Waals surface area (Å²) in [5.41, 5.74) is 5.89. The highest BCUT2D eigenvalue weighted by molar-refractivity contribution is 4.87. The summed E-state index contributed by atoms with van der Waals surface area (Å²) in [7, 11) is 0. The maximum Gasteiger partial charge on any atom is 0.0138 e. The summed E-state index contributed by atoms with van der Waals surface area (Å²) in [4.78, 5) is 2.70. The number of rotatable bonds is 6. The molecule has 0 heterocycles. The Kier molecular flexibility index (Phi) is 5.77. The molecule has 0 aromatic carbocycles. The summed E-state index contributed by atoms with van der Waals surface area (Å²) in [6.45, 7) is 11.4. The lowest BCUT2D eigenvalue weighted by atomic mass is 9.97. The summed E-state index contributed by atoms with van der Waals surface area (Å²) in [6, 6.07) is 1.46. The van der Waals surface area contributed by atoms with Gasteiger partial charge < -0.3 is 5.73 Å². The third-order valence-electron chi connectivity index (χ3n) is 4.09. The van der Waals surface area contributed by atoms with Crippen molar-refractivity contribution in [1.82, 2.24) is 4.90 Å². The van der Waals surface area contributed by atoms with Gasteiger partial charge in [-0.2, -0.15) is 0 Å². The number of nitrogens with zero attached hydrogens (tertiary/aromatic N) is 1. The standard InChI is InChI=1S/C14H30N2/c1-5-16(12(4)9-11(2)3)14-8-6-7-13(14)10-15/h11-14H,5-10,15H2,1-4H3. The fourth-order valence-electron chi connectivity index (χ4n) is 3.42. The Morgan fingerprint density at radius 2 is 1.94 bits per heavy atom. The number of nitrogens with two attached hydrogens (primary N) is 1. The van der Waals surface area contributed by atoms with E-state index in [1.165, 1.54) is 32.2 Å². The van der Waals surface area contributed by atoms with Crippen LogP contribution in [0.1, 0.15) is 53.4 Å². The van der Waals surface area contributed by atoms with Crippen molar-refractivity contribution in [3.05, 3.63) is 0 Å². The Labute approximate surface area is 102 Å². The van der Waals surface area contributed by atoms with Crippen LogP contribution >= 0.6 is 0 Å². The van der Waals surface area contributed by atoms with Gasteiger partial charge in [-0.3, -0.25) is 4.90 Å². The molecule has 0 bridgehead atoms. The number of hydrogen-bond acceptors (Lipinski definition) is 2. The van der Waals surface area contributed by atoms with E-state index in [-0.39, 0.29) is 0 Å². The molecule has 2 heteroatoms. The molecular formula is C14H30N2. The summed E-state index contributed by atoms with van der Waals surface area (Å²) >= 11 is 0. The van der Waals surface area contributed by atoms with E-state index in [0.29, 0.717) is 6.04 Å². The number of hydrogen-bond donors (Lipinski definition) is 1. The lowest BCUT2D eigenvalue weighted by Crippen LogP contribution is -2.45. The molecule has 1 fully saturated rings.